The second-order valence-electron chi connectivity index (χ2n) is 6.24. The maximum Gasteiger partial charge on any atom is 0.134 e. The van der Waals surface area contributed by atoms with Crippen LogP contribution in [0.5, 0.6) is 0 Å². The van der Waals surface area contributed by atoms with Gasteiger partial charge in [-0.15, -0.1) is 0 Å². The van der Waals surface area contributed by atoms with Gasteiger partial charge in [0, 0.05) is 57.7 Å². The maximum absolute atomic E-state index is 9.89. The Morgan fingerprint density at radius 2 is 2.29 bits per heavy atom. The van der Waals surface area contributed by atoms with Crippen molar-refractivity contribution in [2.45, 2.75) is 31.5 Å². The summed E-state index contributed by atoms with van der Waals surface area (Å²) >= 11 is 0. The number of aromatic nitrogens is 4. The Hall–Kier alpha value is -2.19. The molecule has 0 spiro atoms. The highest BCUT2D eigenvalue weighted by Gasteiger charge is 2.31. The summed E-state index contributed by atoms with van der Waals surface area (Å²) in [6.07, 6.45) is 8.51. The lowest BCUT2D eigenvalue weighted by molar-refractivity contribution is 0.194. The van der Waals surface area contributed by atoms with Gasteiger partial charge in [0.1, 0.15) is 18.0 Å². The number of aliphatic hydroxyl groups excluding tert-OH is 1. The minimum atomic E-state index is -0.343. The smallest absolute Gasteiger partial charge is 0.134 e. The van der Waals surface area contributed by atoms with E-state index >= 15 is 0 Å². The average molecular weight is 331 g/mol. The van der Waals surface area contributed by atoms with Crippen LogP contribution in [0.4, 0.5) is 11.6 Å². The Morgan fingerprint density at radius 1 is 1.42 bits per heavy atom. The van der Waals surface area contributed by atoms with E-state index in [0.29, 0.717) is 19.5 Å². The second-order valence-corrected chi connectivity index (χ2v) is 6.24. The van der Waals surface area contributed by atoms with Crippen molar-refractivity contribution < 1.29 is 5.11 Å². The molecule has 1 fully saturated rings. The number of rotatable bonds is 7. The number of aliphatic hydroxyl groups is 1. The molecule has 0 bridgehead atoms. The summed E-state index contributed by atoms with van der Waals surface area (Å²) in [6, 6.07) is 2.10. The zero-order valence-corrected chi connectivity index (χ0v) is 14.0. The zero-order chi connectivity index (χ0) is 16.9. The summed E-state index contributed by atoms with van der Waals surface area (Å²) in [5.41, 5.74) is 5.82. The van der Waals surface area contributed by atoms with Crippen LogP contribution in [0.2, 0.25) is 0 Å². The van der Waals surface area contributed by atoms with Crippen molar-refractivity contribution in [2.75, 3.05) is 36.5 Å². The highest BCUT2D eigenvalue weighted by atomic mass is 16.3. The molecule has 1 aliphatic heterocycles. The van der Waals surface area contributed by atoms with Crippen molar-refractivity contribution in [3.05, 3.63) is 31.1 Å². The summed E-state index contributed by atoms with van der Waals surface area (Å²) in [5, 5.41) is 9.89. The second kappa shape index (κ2) is 7.59. The molecule has 0 aliphatic carbocycles. The zero-order valence-electron chi connectivity index (χ0n) is 14.0. The van der Waals surface area contributed by atoms with E-state index < -0.39 is 0 Å². The largest absolute Gasteiger partial charge is 0.391 e. The number of β-amino-alcohol motifs (C(OH)–C–C–N with tert-alkyl or cyclic N) is 1. The maximum atomic E-state index is 9.89. The number of anilines is 2. The van der Waals surface area contributed by atoms with Crippen LogP contribution in [0.3, 0.4) is 0 Å². The van der Waals surface area contributed by atoms with Crippen LogP contribution in [-0.4, -0.2) is 63.5 Å². The first-order valence-corrected chi connectivity index (χ1v) is 8.31. The van der Waals surface area contributed by atoms with Crippen LogP contribution in [0.15, 0.2) is 31.1 Å². The average Bonchev–Trinajstić information content (AvgIpc) is 3.24. The molecule has 8 nitrogen and oxygen atoms in total. The van der Waals surface area contributed by atoms with E-state index in [-0.39, 0.29) is 12.1 Å². The Balaban J connectivity index is 1.61. The van der Waals surface area contributed by atoms with Gasteiger partial charge in [0.05, 0.1) is 12.4 Å². The third-order valence-electron chi connectivity index (χ3n) is 4.46. The van der Waals surface area contributed by atoms with Gasteiger partial charge >= 0.3 is 0 Å². The molecule has 24 heavy (non-hydrogen) atoms. The molecule has 3 heterocycles. The molecule has 0 aromatic carbocycles. The molecule has 0 saturated carbocycles. The Morgan fingerprint density at radius 3 is 3.04 bits per heavy atom. The lowest BCUT2D eigenvalue weighted by Crippen LogP contribution is -2.36. The Bertz CT molecular complexity index is 633. The molecule has 1 saturated heterocycles. The van der Waals surface area contributed by atoms with Gasteiger partial charge in [-0.25, -0.2) is 15.0 Å². The minimum absolute atomic E-state index is 0.134. The van der Waals surface area contributed by atoms with Crippen LogP contribution >= 0.6 is 0 Å². The van der Waals surface area contributed by atoms with Crippen molar-refractivity contribution in [3.8, 4) is 0 Å². The van der Waals surface area contributed by atoms with E-state index in [4.69, 9.17) is 5.73 Å². The van der Waals surface area contributed by atoms with Gasteiger partial charge in [-0.3, -0.25) is 0 Å². The highest BCUT2D eigenvalue weighted by Crippen LogP contribution is 2.25. The fraction of sp³-hybridized carbons (Fsp3) is 0.562. The van der Waals surface area contributed by atoms with Gasteiger partial charge < -0.3 is 25.2 Å². The van der Waals surface area contributed by atoms with Crippen LogP contribution in [0.1, 0.15) is 12.8 Å². The quantitative estimate of drug-likeness (QED) is 0.742. The summed E-state index contributed by atoms with van der Waals surface area (Å²) in [5.74, 6) is 1.70. The third kappa shape index (κ3) is 3.82. The van der Waals surface area contributed by atoms with E-state index in [9.17, 15) is 5.11 Å². The Kier molecular flexibility index (Phi) is 5.27. The summed E-state index contributed by atoms with van der Waals surface area (Å²) in [7, 11) is 2.03. The number of nitrogens with zero attached hydrogens (tertiary/aromatic N) is 6. The predicted octanol–water partition coefficient (Wildman–Crippen LogP) is 0.0979. The van der Waals surface area contributed by atoms with E-state index in [2.05, 4.69) is 29.3 Å². The molecular weight excluding hydrogens is 306 g/mol. The van der Waals surface area contributed by atoms with Crippen LogP contribution in [-0.2, 0) is 6.54 Å². The SMILES string of the molecule is CN(CCCn1ccnc1)c1cc(N2C[C@H](O)C[C@@H]2CN)ncn1. The van der Waals surface area contributed by atoms with Crippen LogP contribution in [0.25, 0.3) is 0 Å². The van der Waals surface area contributed by atoms with E-state index in [1.165, 1.54) is 0 Å². The van der Waals surface area contributed by atoms with Crippen molar-refractivity contribution in [3.63, 3.8) is 0 Å². The lowest BCUT2D eigenvalue weighted by Gasteiger charge is -2.25. The normalized spacial score (nSPS) is 20.5. The standard InChI is InChI=1S/C16H25N7O/c1-21(4-2-5-22-6-3-18-12-22)15-8-16(20-11-19-15)23-10-14(24)7-13(23)9-17/h3,6,8,11-14,24H,2,4-5,7,9-10,17H2,1H3/t13-,14-/m1/s1. The first-order chi connectivity index (χ1) is 11.7. The van der Waals surface area contributed by atoms with Crippen LogP contribution in [0, 0.1) is 0 Å². The number of hydrogen-bond donors (Lipinski definition) is 2. The first kappa shape index (κ1) is 16.7. The monoisotopic (exact) mass is 331 g/mol. The number of imidazole rings is 1. The number of aryl methyl sites for hydroxylation is 1. The number of nitrogens with two attached hydrogens (primary N) is 1. The molecule has 2 atom stereocenters. The molecule has 130 valence electrons. The van der Waals surface area contributed by atoms with Gasteiger partial charge in [-0.05, 0) is 12.8 Å². The number of hydrogen-bond acceptors (Lipinski definition) is 7. The summed E-state index contributed by atoms with van der Waals surface area (Å²) in [4.78, 5) is 17.0. The highest BCUT2D eigenvalue weighted by molar-refractivity contribution is 5.51. The topological polar surface area (TPSA) is 96.3 Å². The van der Waals surface area contributed by atoms with E-state index in [1.807, 2.05) is 25.6 Å². The summed E-state index contributed by atoms with van der Waals surface area (Å²) in [6.45, 7) is 2.90. The fourth-order valence-electron chi connectivity index (χ4n) is 3.12. The van der Waals surface area contributed by atoms with Crippen molar-refractivity contribution in [1.82, 2.24) is 19.5 Å². The van der Waals surface area contributed by atoms with Gasteiger partial charge in [-0.2, -0.15) is 0 Å². The van der Waals surface area contributed by atoms with E-state index in [0.717, 1.165) is 31.1 Å². The van der Waals surface area contributed by atoms with Gasteiger partial charge in [0.25, 0.3) is 0 Å². The minimum Gasteiger partial charge on any atom is -0.391 e. The van der Waals surface area contributed by atoms with E-state index in [1.54, 1.807) is 12.5 Å². The molecule has 1 aliphatic rings. The molecular formula is C16H25N7O. The summed E-state index contributed by atoms with van der Waals surface area (Å²) < 4.78 is 2.07. The van der Waals surface area contributed by atoms with Gasteiger partial charge in [-0.1, -0.05) is 0 Å². The predicted molar refractivity (Wildman–Crippen MR) is 93.0 cm³/mol. The molecule has 0 amide bonds. The first-order valence-electron chi connectivity index (χ1n) is 8.31. The molecule has 8 heteroatoms. The van der Waals surface area contributed by atoms with Crippen molar-refractivity contribution in [2.24, 2.45) is 5.73 Å². The third-order valence-corrected chi connectivity index (χ3v) is 4.46. The molecule has 0 radical (unpaired) electrons. The molecule has 0 unspecified atom stereocenters. The van der Waals surface area contributed by atoms with Gasteiger partial charge in [0.15, 0.2) is 0 Å². The molecule has 3 rings (SSSR count). The van der Waals surface area contributed by atoms with Crippen LogP contribution < -0.4 is 15.5 Å². The Labute approximate surface area is 141 Å². The molecule has 3 N–H and O–H groups in total. The molecule has 2 aromatic heterocycles. The fourth-order valence-corrected chi connectivity index (χ4v) is 3.12. The van der Waals surface area contributed by atoms with Crippen molar-refractivity contribution >= 4 is 11.6 Å². The lowest BCUT2D eigenvalue weighted by atomic mass is 10.2. The molecule has 2 aromatic rings. The van der Waals surface area contributed by atoms with Gasteiger partial charge in [0.2, 0.25) is 0 Å². The van der Waals surface area contributed by atoms with Crippen molar-refractivity contribution in [1.29, 1.82) is 0 Å².